The monoisotopic (exact) mass is 432 g/mol. The van der Waals surface area contributed by atoms with Gasteiger partial charge in [0.1, 0.15) is 6.04 Å². The quantitative estimate of drug-likeness (QED) is 0.481. The molecule has 1 aromatic heterocycles. The third-order valence-corrected chi connectivity index (χ3v) is 5.32. The van der Waals surface area contributed by atoms with Crippen LogP contribution in [-0.4, -0.2) is 24.1 Å². The lowest BCUT2D eigenvalue weighted by molar-refractivity contribution is -0.143. The van der Waals surface area contributed by atoms with Crippen LogP contribution in [0.1, 0.15) is 22.9 Å². The number of carbonyl (C=O) groups excluding carboxylic acids is 1. The van der Waals surface area contributed by atoms with Gasteiger partial charge in [-0.25, -0.2) is 0 Å². The average molecular weight is 432 g/mol. The van der Waals surface area contributed by atoms with Crippen LogP contribution in [0.25, 0.3) is 10.9 Å². The Hall–Kier alpha value is -1.86. The second-order valence-electron chi connectivity index (χ2n) is 5.99. The van der Waals surface area contributed by atoms with Crippen molar-refractivity contribution in [2.75, 3.05) is 7.11 Å². The molecular weight excluding hydrogens is 415 g/mol. The molecule has 2 heterocycles. The highest BCUT2D eigenvalue weighted by molar-refractivity contribution is 14.1. The number of fused-ring (bicyclic) bond motifs is 3. The Labute approximate surface area is 153 Å². The lowest BCUT2D eigenvalue weighted by Gasteiger charge is -2.30. The fourth-order valence-electron chi connectivity index (χ4n) is 3.45. The molecule has 0 fully saturated rings. The van der Waals surface area contributed by atoms with Crippen molar-refractivity contribution in [3.05, 3.63) is 68.9 Å². The molecule has 1 aliphatic rings. The van der Waals surface area contributed by atoms with Crippen molar-refractivity contribution in [1.29, 1.82) is 0 Å². The molecule has 122 valence electrons. The van der Waals surface area contributed by atoms with Gasteiger partial charge in [0.25, 0.3) is 0 Å². The first-order valence-electron chi connectivity index (χ1n) is 7.86. The summed E-state index contributed by atoms with van der Waals surface area (Å²) in [4.78, 5) is 15.7. The molecular formula is C19H17IN2O2. The standard InChI is InChI=1S/C19H17IN2O2/c1-24-19(23)16-10-14-13-4-2-3-5-15(13)21-18(14)17(22-16)11-6-8-12(20)9-7-11/h2-9,16-17,21-22H,10H2,1H3. The fraction of sp³-hybridized carbons (Fsp3) is 0.211. The number of rotatable bonds is 2. The lowest BCUT2D eigenvalue weighted by atomic mass is 9.90. The van der Waals surface area contributed by atoms with E-state index in [1.165, 1.54) is 21.6 Å². The molecule has 2 aromatic carbocycles. The van der Waals surface area contributed by atoms with E-state index >= 15 is 0 Å². The summed E-state index contributed by atoms with van der Waals surface area (Å²) in [5.41, 5.74) is 4.57. The van der Waals surface area contributed by atoms with Crippen LogP contribution >= 0.6 is 22.6 Å². The third-order valence-electron chi connectivity index (χ3n) is 4.60. The second kappa shape index (κ2) is 6.22. The molecule has 24 heavy (non-hydrogen) atoms. The van der Waals surface area contributed by atoms with Crippen molar-refractivity contribution >= 4 is 39.5 Å². The number of hydrogen-bond donors (Lipinski definition) is 2. The summed E-state index contributed by atoms with van der Waals surface area (Å²) in [6.45, 7) is 0. The molecule has 2 unspecified atom stereocenters. The first-order chi connectivity index (χ1) is 11.7. The van der Waals surface area contributed by atoms with Crippen molar-refractivity contribution < 1.29 is 9.53 Å². The van der Waals surface area contributed by atoms with E-state index in [-0.39, 0.29) is 18.1 Å². The Balaban J connectivity index is 1.86. The lowest BCUT2D eigenvalue weighted by Crippen LogP contribution is -2.45. The number of carbonyl (C=O) groups is 1. The molecule has 0 bridgehead atoms. The highest BCUT2D eigenvalue weighted by atomic mass is 127. The summed E-state index contributed by atoms with van der Waals surface area (Å²) < 4.78 is 6.17. The first kappa shape index (κ1) is 15.7. The van der Waals surface area contributed by atoms with Crippen LogP contribution < -0.4 is 5.32 Å². The Morgan fingerprint density at radius 3 is 2.67 bits per heavy atom. The van der Waals surface area contributed by atoms with E-state index in [0.717, 1.165) is 16.8 Å². The van der Waals surface area contributed by atoms with Gasteiger partial charge in [-0.1, -0.05) is 30.3 Å². The van der Waals surface area contributed by atoms with Gasteiger partial charge in [0.2, 0.25) is 0 Å². The topological polar surface area (TPSA) is 54.1 Å². The number of aromatic nitrogens is 1. The zero-order valence-electron chi connectivity index (χ0n) is 13.2. The molecule has 3 aromatic rings. The van der Waals surface area contributed by atoms with Gasteiger partial charge in [-0.05, 0) is 51.9 Å². The summed E-state index contributed by atoms with van der Waals surface area (Å²) in [6, 6.07) is 16.2. The van der Waals surface area contributed by atoms with E-state index in [1.54, 1.807) is 0 Å². The van der Waals surface area contributed by atoms with E-state index in [2.05, 4.69) is 69.3 Å². The molecule has 0 spiro atoms. The SMILES string of the molecule is COC(=O)C1Cc2c([nH]c3ccccc23)C(c2ccc(I)cc2)N1. The maximum atomic E-state index is 12.2. The van der Waals surface area contributed by atoms with Crippen molar-refractivity contribution in [2.45, 2.75) is 18.5 Å². The zero-order valence-corrected chi connectivity index (χ0v) is 15.3. The van der Waals surface area contributed by atoms with Crippen LogP contribution in [0.15, 0.2) is 48.5 Å². The van der Waals surface area contributed by atoms with Crippen molar-refractivity contribution in [1.82, 2.24) is 10.3 Å². The molecule has 0 radical (unpaired) electrons. The fourth-order valence-corrected chi connectivity index (χ4v) is 3.81. The molecule has 5 heteroatoms. The minimum atomic E-state index is -0.342. The van der Waals surface area contributed by atoms with Gasteiger partial charge in [-0.3, -0.25) is 10.1 Å². The molecule has 2 N–H and O–H groups in total. The van der Waals surface area contributed by atoms with Gasteiger partial charge in [0, 0.05) is 26.6 Å². The van der Waals surface area contributed by atoms with E-state index < -0.39 is 0 Å². The van der Waals surface area contributed by atoms with Crippen LogP contribution in [0, 0.1) is 3.57 Å². The van der Waals surface area contributed by atoms with Gasteiger partial charge >= 0.3 is 5.97 Å². The number of esters is 1. The number of para-hydroxylation sites is 1. The highest BCUT2D eigenvalue weighted by Gasteiger charge is 2.34. The maximum Gasteiger partial charge on any atom is 0.323 e. The molecule has 0 aliphatic carbocycles. The molecule has 0 saturated heterocycles. The van der Waals surface area contributed by atoms with Crippen molar-refractivity contribution in [3.63, 3.8) is 0 Å². The number of ether oxygens (including phenoxy) is 1. The van der Waals surface area contributed by atoms with Crippen LogP contribution in [-0.2, 0) is 16.0 Å². The normalized spacial score (nSPS) is 19.9. The highest BCUT2D eigenvalue weighted by Crippen LogP contribution is 2.35. The van der Waals surface area contributed by atoms with E-state index in [9.17, 15) is 4.79 Å². The van der Waals surface area contributed by atoms with E-state index in [4.69, 9.17) is 4.74 Å². The summed E-state index contributed by atoms with van der Waals surface area (Å²) in [5.74, 6) is -0.221. The largest absolute Gasteiger partial charge is 0.468 e. The number of aromatic amines is 1. The average Bonchev–Trinajstić information content (AvgIpc) is 2.99. The molecule has 2 atom stereocenters. The van der Waals surface area contributed by atoms with Crippen molar-refractivity contribution in [3.8, 4) is 0 Å². The number of nitrogens with one attached hydrogen (secondary N) is 2. The zero-order chi connectivity index (χ0) is 16.7. The van der Waals surface area contributed by atoms with Gasteiger partial charge in [-0.15, -0.1) is 0 Å². The number of benzene rings is 2. The number of methoxy groups -OCH3 is 1. The van der Waals surface area contributed by atoms with Crippen LogP contribution in [0.2, 0.25) is 0 Å². The smallest absolute Gasteiger partial charge is 0.323 e. The summed E-state index contributed by atoms with van der Waals surface area (Å²) in [7, 11) is 1.44. The minimum absolute atomic E-state index is 0.0535. The van der Waals surface area contributed by atoms with Gasteiger partial charge < -0.3 is 9.72 Å². The van der Waals surface area contributed by atoms with E-state index in [1.807, 2.05) is 12.1 Å². The van der Waals surface area contributed by atoms with Crippen LogP contribution in [0.5, 0.6) is 0 Å². The predicted molar refractivity (Wildman–Crippen MR) is 102 cm³/mol. The van der Waals surface area contributed by atoms with Gasteiger partial charge in [0.15, 0.2) is 0 Å². The molecule has 0 saturated carbocycles. The summed E-state index contributed by atoms with van der Waals surface area (Å²) in [6.07, 6.45) is 0.632. The third kappa shape index (κ3) is 2.61. The Morgan fingerprint density at radius 2 is 1.92 bits per heavy atom. The molecule has 1 aliphatic heterocycles. The summed E-state index contributed by atoms with van der Waals surface area (Å²) >= 11 is 2.30. The Morgan fingerprint density at radius 1 is 1.17 bits per heavy atom. The first-order valence-corrected chi connectivity index (χ1v) is 8.94. The number of H-pyrrole nitrogens is 1. The molecule has 4 rings (SSSR count). The summed E-state index contributed by atoms with van der Waals surface area (Å²) in [5, 5.41) is 4.63. The van der Waals surface area contributed by atoms with Gasteiger partial charge in [0.05, 0.1) is 13.2 Å². The minimum Gasteiger partial charge on any atom is -0.468 e. The predicted octanol–water partition coefficient (Wildman–Crippen LogP) is 3.55. The second-order valence-corrected chi connectivity index (χ2v) is 7.24. The molecule has 0 amide bonds. The maximum absolute atomic E-state index is 12.2. The number of halogens is 1. The van der Waals surface area contributed by atoms with Crippen molar-refractivity contribution in [2.24, 2.45) is 0 Å². The van der Waals surface area contributed by atoms with Gasteiger partial charge in [-0.2, -0.15) is 0 Å². The number of hydrogen-bond acceptors (Lipinski definition) is 3. The van der Waals surface area contributed by atoms with Crippen LogP contribution in [0.4, 0.5) is 0 Å². The van der Waals surface area contributed by atoms with E-state index in [0.29, 0.717) is 6.42 Å². The Bertz CT molecular complexity index is 901. The molecule has 4 nitrogen and oxygen atoms in total. The van der Waals surface area contributed by atoms with Crippen LogP contribution in [0.3, 0.4) is 0 Å². The Kier molecular flexibility index (Phi) is 4.05.